The molecule has 0 bridgehead atoms. The van der Waals surface area contributed by atoms with Crippen LogP contribution in [0, 0.1) is 15.9 Å². The van der Waals surface area contributed by atoms with Crippen molar-refractivity contribution >= 4 is 40.9 Å². The zero-order valence-electron chi connectivity index (χ0n) is 22.5. The Hall–Kier alpha value is -4.07. The van der Waals surface area contributed by atoms with Gasteiger partial charge in [-0.25, -0.2) is 13.9 Å². The highest BCUT2D eigenvalue weighted by atomic mass is 35.5. The van der Waals surface area contributed by atoms with E-state index >= 15 is 0 Å². The van der Waals surface area contributed by atoms with E-state index in [9.17, 15) is 19.3 Å². The number of amides is 1. The molecule has 0 radical (unpaired) electrons. The number of hydrogen-bond donors (Lipinski definition) is 2. The predicted octanol–water partition coefficient (Wildman–Crippen LogP) is 5.59. The summed E-state index contributed by atoms with van der Waals surface area (Å²) in [6.07, 6.45) is 8.99. The highest BCUT2D eigenvalue weighted by molar-refractivity contribution is 6.36. The van der Waals surface area contributed by atoms with E-state index in [1.54, 1.807) is 25.4 Å². The van der Waals surface area contributed by atoms with Gasteiger partial charge in [0.2, 0.25) is 5.91 Å². The summed E-state index contributed by atoms with van der Waals surface area (Å²) < 4.78 is 23.6. The molecule has 15 heteroatoms. The molecule has 1 fully saturated rings. The van der Waals surface area contributed by atoms with Crippen LogP contribution in [0.1, 0.15) is 43.9 Å². The minimum absolute atomic E-state index is 0.0250. The summed E-state index contributed by atoms with van der Waals surface area (Å²) in [4.78, 5) is 31.5. The number of carbonyl (C=O) groups is 1. The third-order valence-corrected chi connectivity index (χ3v) is 7.67. The van der Waals surface area contributed by atoms with Crippen molar-refractivity contribution in [1.29, 1.82) is 0 Å². The molecule has 1 aliphatic heterocycles. The Morgan fingerprint density at radius 3 is 2.81 bits per heavy atom. The van der Waals surface area contributed by atoms with Crippen LogP contribution in [-0.2, 0) is 11.3 Å². The first-order valence-electron chi connectivity index (χ1n) is 13.2. The molecule has 0 spiro atoms. The SMILES string of the molecule is C[C@@H](Oc1cc(-c2cnn(C3CCNCC3)c2)cnc1NC(=O)CCn1ccnc1[N+](=O)[O-])c1c(Cl)ccc(F)c1Cl. The number of imidazole rings is 1. The molecule has 4 aromatic rings. The molecular weight excluding hydrogens is 590 g/mol. The van der Waals surface area contributed by atoms with Crippen LogP contribution in [0.15, 0.2) is 49.2 Å². The minimum atomic E-state index is -0.820. The number of nitrogens with zero attached hydrogens (tertiary/aromatic N) is 6. The van der Waals surface area contributed by atoms with Crippen LogP contribution in [0.4, 0.5) is 16.2 Å². The van der Waals surface area contributed by atoms with Crippen LogP contribution in [0.3, 0.4) is 0 Å². The molecule has 1 amide bonds. The van der Waals surface area contributed by atoms with Crippen molar-refractivity contribution in [3.05, 3.63) is 80.7 Å². The molecule has 1 atom stereocenters. The highest BCUT2D eigenvalue weighted by Crippen LogP contribution is 2.38. The zero-order chi connectivity index (χ0) is 29.8. The van der Waals surface area contributed by atoms with Crippen molar-refractivity contribution in [1.82, 2.24) is 29.6 Å². The molecule has 1 aliphatic rings. The number of nitrogens with one attached hydrogen (secondary N) is 2. The number of piperidine rings is 1. The third-order valence-electron chi connectivity index (χ3n) is 6.95. The second-order valence-corrected chi connectivity index (χ2v) is 10.5. The van der Waals surface area contributed by atoms with Crippen LogP contribution >= 0.6 is 23.2 Å². The third kappa shape index (κ3) is 6.53. The monoisotopic (exact) mass is 616 g/mol. The van der Waals surface area contributed by atoms with Crippen molar-refractivity contribution in [3.8, 4) is 16.9 Å². The zero-order valence-corrected chi connectivity index (χ0v) is 24.0. The molecule has 4 heterocycles. The average molecular weight is 617 g/mol. The van der Waals surface area contributed by atoms with Crippen molar-refractivity contribution in [2.75, 3.05) is 18.4 Å². The molecule has 0 saturated carbocycles. The van der Waals surface area contributed by atoms with E-state index < -0.39 is 22.8 Å². The molecular formula is C27H27Cl2FN8O4. The van der Waals surface area contributed by atoms with Crippen LogP contribution in [0.5, 0.6) is 5.75 Å². The average Bonchev–Trinajstić information content (AvgIpc) is 3.66. The second-order valence-electron chi connectivity index (χ2n) is 9.75. The second kappa shape index (κ2) is 12.8. The summed E-state index contributed by atoms with van der Waals surface area (Å²) in [5, 5.41) is 21.8. The van der Waals surface area contributed by atoms with Crippen molar-refractivity contribution in [2.45, 2.75) is 44.9 Å². The minimum Gasteiger partial charge on any atom is -0.482 e. The number of pyridine rings is 1. The van der Waals surface area contributed by atoms with E-state index in [2.05, 4.69) is 25.7 Å². The quantitative estimate of drug-likeness (QED) is 0.133. The normalized spacial score (nSPS) is 14.5. The van der Waals surface area contributed by atoms with Crippen molar-refractivity contribution in [2.24, 2.45) is 0 Å². The lowest BCUT2D eigenvalue weighted by Gasteiger charge is -2.22. The first-order valence-corrected chi connectivity index (χ1v) is 14.0. The Morgan fingerprint density at radius 2 is 2.05 bits per heavy atom. The van der Waals surface area contributed by atoms with Gasteiger partial charge < -0.3 is 25.5 Å². The number of rotatable bonds is 10. The fraction of sp³-hybridized carbons (Fsp3) is 0.333. The Balaban J connectivity index is 1.41. The van der Waals surface area contributed by atoms with Gasteiger partial charge in [0.25, 0.3) is 0 Å². The first-order chi connectivity index (χ1) is 20.2. The summed E-state index contributed by atoms with van der Waals surface area (Å²) in [7, 11) is 0. The molecule has 2 N–H and O–H groups in total. The summed E-state index contributed by atoms with van der Waals surface area (Å²) >= 11 is 12.5. The molecule has 1 aromatic carbocycles. The topological polar surface area (TPSA) is 142 Å². The standard InChI is InChI=1S/C27H27Cl2FN8O4/c1-16(24-20(28)2-3-21(30)25(24)29)42-22-12-17(18-14-34-37(15-18)19-4-7-31-8-5-19)13-33-26(22)35-23(39)6-10-36-11-9-32-27(36)38(40)41/h2-3,9,11-16,19,31H,4-8,10H2,1H3,(H,33,35,39)/t16-/m1/s1. The lowest BCUT2D eigenvalue weighted by atomic mass is 10.1. The van der Waals surface area contributed by atoms with E-state index in [0.29, 0.717) is 5.56 Å². The molecule has 220 valence electrons. The van der Waals surface area contributed by atoms with Crippen molar-refractivity contribution in [3.63, 3.8) is 0 Å². The fourth-order valence-electron chi connectivity index (χ4n) is 4.77. The highest BCUT2D eigenvalue weighted by Gasteiger charge is 2.23. The van der Waals surface area contributed by atoms with E-state index in [4.69, 9.17) is 27.9 Å². The first kappa shape index (κ1) is 29.4. The summed E-state index contributed by atoms with van der Waals surface area (Å²) in [5.41, 5.74) is 1.72. The van der Waals surface area contributed by atoms with Crippen LogP contribution < -0.4 is 15.4 Å². The number of aryl methyl sites for hydroxylation is 1. The molecule has 12 nitrogen and oxygen atoms in total. The van der Waals surface area contributed by atoms with Gasteiger partial charge in [0, 0.05) is 34.1 Å². The van der Waals surface area contributed by atoms with Gasteiger partial charge >= 0.3 is 5.95 Å². The van der Waals surface area contributed by atoms with Crippen LogP contribution in [-0.4, -0.2) is 48.2 Å². The number of carbonyl (C=O) groups excluding carboxylic acids is 1. The van der Waals surface area contributed by atoms with Gasteiger partial charge in [-0.3, -0.25) is 9.48 Å². The lowest BCUT2D eigenvalue weighted by molar-refractivity contribution is -0.396. The van der Waals surface area contributed by atoms with Gasteiger partial charge in [-0.15, -0.1) is 0 Å². The number of hydrogen-bond acceptors (Lipinski definition) is 8. The van der Waals surface area contributed by atoms with Gasteiger partial charge in [-0.05, 0) is 56.0 Å². The van der Waals surface area contributed by atoms with Crippen LogP contribution in [0.2, 0.25) is 10.0 Å². The fourth-order valence-corrected chi connectivity index (χ4v) is 5.45. The largest absolute Gasteiger partial charge is 0.482 e. The maximum absolute atomic E-state index is 14.3. The molecule has 5 rings (SSSR count). The molecule has 3 aromatic heterocycles. The maximum Gasteiger partial charge on any atom is 0.434 e. The Kier molecular flexibility index (Phi) is 9.00. The van der Waals surface area contributed by atoms with E-state index in [0.717, 1.165) is 31.5 Å². The Morgan fingerprint density at radius 1 is 1.26 bits per heavy atom. The summed E-state index contributed by atoms with van der Waals surface area (Å²) in [5.74, 6) is -1.18. The Labute approximate surface area is 250 Å². The van der Waals surface area contributed by atoms with Gasteiger partial charge in [0.15, 0.2) is 11.6 Å². The molecule has 0 unspecified atom stereocenters. The van der Waals surface area contributed by atoms with Gasteiger partial charge in [0.1, 0.15) is 24.3 Å². The molecule has 42 heavy (non-hydrogen) atoms. The molecule has 1 saturated heterocycles. The van der Waals surface area contributed by atoms with Gasteiger partial charge in [-0.2, -0.15) is 5.10 Å². The van der Waals surface area contributed by atoms with Crippen LogP contribution in [0.25, 0.3) is 11.1 Å². The van der Waals surface area contributed by atoms with Gasteiger partial charge in [0.05, 0.1) is 30.2 Å². The predicted molar refractivity (Wildman–Crippen MR) is 154 cm³/mol. The number of aromatic nitrogens is 5. The number of ether oxygens (including phenoxy) is 1. The summed E-state index contributed by atoms with van der Waals surface area (Å²) in [6.45, 7) is 3.52. The van der Waals surface area contributed by atoms with Gasteiger partial charge in [-0.1, -0.05) is 28.2 Å². The number of nitro groups is 1. The van der Waals surface area contributed by atoms with E-state index in [-0.39, 0.29) is 52.1 Å². The summed E-state index contributed by atoms with van der Waals surface area (Å²) in [6, 6.07) is 4.54. The van der Waals surface area contributed by atoms with E-state index in [1.807, 2.05) is 10.9 Å². The lowest BCUT2D eigenvalue weighted by Crippen LogP contribution is -2.29. The smallest absolute Gasteiger partial charge is 0.434 e. The number of anilines is 1. The van der Waals surface area contributed by atoms with E-state index in [1.165, 1.54) is 29.1 Å². The number of benzene rings is 1. The maximum atomic E-state index is 14.3. The Bertz CT molecular complexity index is 1600. The number of halogens is 3. The molecule has 0 aliphatic carbocycles. The van der Waals surface area contributed by atoms with Crippen molar-refractivity contribution < 1.29 is 18.8 Å².